The van der Waals surface area contributed by atoms with Crippen molar-refractivity contribution in [3.05, 3.63) is 111 Å². The van der Waals surface area contributed by atoms with Crippen LogP contribution in [0, 0.1) is 6.92 Å². The molecule has 0 amide bonds. The molecule has 28 heavy (non-hydrogen) atoms. The first-order valence-electron chi connectivity index (χ1n) is 10.2. The van der Waals surface area contributed by atoms with Crippen molar-refractivity contribution in [1.82, 2.24) is 0 Å². The minimum atomic E-state index is 0.368. The Morgan fingerprint density at radius 3 is 1.79 bits per heavy atom. The van der Waals surface area contributed by atoms with E-state index in [2.05, 4.69) is 93.6 Å². The Morgan fingerprint density at radius 1 is 0.607 bits per heavy atom. The maximum atomic E-state index is 2.42. The molecule has 1 heteroatoms. The first kappa shape index (κ1) is 17.5. The molecule has 2 aliphatic carbocycles. The lowest BCUT2D eigenvalue weighted by atomic mass is 9.77. The van der Waals surface area contributed by atoms with Crippen LogP contribution < -0.4 is 5.19 Å². The first-order chi connectivity index (χ1) is 13.6. The Morgan fingerprint density at radius 2 is 1.14 bits per heavy atom. The summed E-state index contributed by atoms with van der Waals surface area (Å²) >= 11 is 0. The van der Waals surface area contributed by atoms with E-state index in [1.807, 2.05) is 0 Å². The minimum Gasteiger partial charge on any atom is -0.0676 e. The van der Waals surface area contributed by atoms with Crippen molar-refractivity contribution < 1.29 is 0 Å². The molecule has 0 nitrogen and oxygen atoms in total. The second kappa shape index (κ2) is 6.46. The van der Waals surface area contributed by atoms with Crippen molar-refractivity contribution in [2.75, 3.05) is 0 Å². The fourth-order valence-electron chi connectivity index (χ4n) is 5.25. The number of fused-ring (bicyclic) bond motifs is 2. The first-order valence-corrected chi connectivity index (χ1v) is 11.2. The van der Waals surface area contributed by atoms with E-state index in [4.69, 9.17) is 0 Å². The summed E-state index contributed by atoms with van der Waals surface area (Å²) in [5.74, 6) is 0.744. The molecule has 0 heterocycles. The molecule has 2 atom stereocenters. The van der Waals surface area contributed by atoms with E-state index in [1.54, 1.807) is 5.56 Å². The summed E-state index contributed by atoms with van der Waals surface area (Å²) in [5, 5.41) is 1.52. The van der Waals surface area contributed by atoms with Gasteiger partial charge in [0, 0.05) is 22.1 Å². The van der Waals surface area contributed by atoms with Gasteiger partial charge in [-0.3, -0.25) is 0 Å². The molecule has 2 aliphatic rings. The van der Waals surface area contributed by atoms with Crippen LogP contribution in [-0.4, -0.2) is 10.2 Å². The molecule has 3 aromatic carbocycles. The molecule has 3 aromatic rings. The third-order valence-electron chi connectivity index (χ3n) is 6.71. The van der Waals surface area contributed by atoms with E-state index >= 15 is 0 Å². The van der Waals surface area contributed by atoms with E-state index in [1.165, 1.54) is 49.7 Å². The maximum absolute atomic E-state index is 2.42. The lowest BCUT2D eigenvalue weighted by Gasteiger charge is -2.27. The fourth-order valence-corrected chi connectivity index (χ4v) is 5.68. The van der Waals surface area contributed by atoms with Gasteiger partial charge in [0.25, 0.3) is 0 Å². The highest BCUT2D eigenvalue weighted by molar-refractivity contribution is 6.33. The van der Waals surface area contributed by atoms with Gasteiger partial charge in [0.05, 0.1) is 0 Å². The zero-order valence-corrected chi connectivity index (χ0v) is 19.1. The van der Waals surface area contributed by atoms with Crippen LogP contribution in [0.1, 0.15) is 64.6 Å². The molecule has 5 rings (SSSR count). The Bertz CT molecular complexity index is 1160. The van der Waals surface area contributed by atoms with E-state index in [9.17, 15) is 0 Å². The molecule has 0 radical (unpaired) electrons. The average Bonchev–Trinajstić information content (AvgIpc) is 3.19. The molecule has 0 saturated carbocycles. The highest BCUT2D eigenvalue weighted by atomic mass is 28.1. The highest BCUT2D eigenvalue weighted by Gasteiger charge is 2.32. The largest absolute Gasteiger partial charge is 0.0676 e. The second-order valence-electron chi connectivity index (χ2n) is 8.41. The summed E-state index contributed by atoms with van der Waals surface area (Å²) < 4.78 is 0. The second-order valence-corrected chi connectivity index (χ2v) is 9.49. The van der Waals surface area contributed by atoms with Gasteiger partial charge < -0.3 is 0 Å². The molecular formula is C27H26Si. The Hall–Kier alpha value is -2.64. The van der Waals surface area contributed by atoms with Crippen LogP contribution in [-0.2, 0) is 0 Å². The molecule has 2 unspecified atom stereocenters. The van der Waals surface area contributed by atoms with Gasteiger partial charge >= 0.3 is 0 Å². The Labute approximate surface area is 171 Å². The van der Waals surface area contributed by atoms with Gasteiger partial charge in [-0.05, 0) is 59.7 Å². The summed E-state index contributed by atoms with van der Waals surface area (Å²) in [6.07, 6.45) is 4.76. The molecule has 0 fully saturated rings. The van der Waals surface area contributed by atoms with Crippen molar-refractivity contribution in [1.29, 1.82) is 0 Å². The summed E-state index contributed by atoms with van der Waals surface area (Å²) in [6, 6.07) is 22.6. The van der Waals surface area contributed by atoms with Crippen molar-refractivity contribution in [2.45, 2.75) is 32.6 Å². The van der Waals surface area contributed by atoms with Crippen molar-refractivity contribution in [3.8, 4) is 0 Å². The van der Waals surface area contributed by atoms with E-state index < -0.39 is 0 Å². The number of allylic oxidation sites excluding steroid dienone is 2. The molecule has 138 valence electrons. The van der Waals surface area contributed by atoms with Crippen LogP contribution in [0.25, 0.3) is 12.2 Å². The fraction of sp³-hybridized carbons (Fsp3) is 0.185. The minimum absolute atomic E-state index is 0.368. The number of benzene rings is 3. The zero-order chi connectivity index (χ0) is 19.4. The average molecular weight is 379 g/mol. The highest BCUT2D eigenvalue weighted by Crippen LogP contribution is 2.48. The topological polar surface area (TPSA) is 0 Å². The monoisotopic (exact) mass is 378 g/mol. The number of rotatable bonds is 2. The van der Waals surface area contributed by atoms with Crippen LogP contribution >= 0.6 is 0 Å². The SMILES string of the molecule is CC1=Cc2ccccc2C1c1ccc([SiH3])c(C)c1C1C(C)=Cc2ccccc21. The van der Waals surface area contributed by atoms with Gasteiger partial charge in [0.2, 0.25) is 0 Å². The van der Waals surface area contributed by atoms with Crippen molar-refractivity contribution in [2.24, 2.45) is 0 Å². The summed E-state index contributed by atoms with van der Waals surface area (Å²) in [4.78, 5) is 0. The third kappa shape index (κ3) is 2.50. The van der Waals surface area contributed by atoms with E-state index in [-0.39, 0.29) is 0 Å². The van der Waals surface area contributed by atoms with Gasteiger partial charge in [0.15, 0.2) is 0 Å². The van der Waals surface area contributed by atoms with Crippen LogP contribution in [0.2, 0.25) is 0 Å². The number of hydrogen-bond acceptors (Lipinski definition) is 0. The summed E-state index contributed by atoms with van der Waals surface area (Å²) in [6.45, 7) is 6.94. The zero-order valence-electron chi connectivity index (χ0n) is 17.1. The van der Waals surface area contributed by atoms with Crippen molar-refractivity contribution >= 4 is 27.6 Å². The lowest BCUT2D eigenvalue weighted by Crippen LogP contribution is -2.18. The smallest absolute Gasteiger partial charge is 0.0388 e. The molecule has 0 spiro atoms. The molecule has 0 aliphatic heterocycles. The molecule has 0 aromatic heterocycles. The normalized spacial score (nSPS) is 20.0. The predicted molar refractivity (Wildman–Crippen MR) is 125 cm³/mol. The van der Waals surface area contributed by atoms with Gasteiger partial charge in [-0.15, -0.1) is 0 Å². The molecule has 0 bridgehead atoms. The lowest BCUT2D eigenvalue weighted by molar-refractivity contribution is 0.887. The van der Waals surface area contributed by atoms with Crippen LogP contribution in [0.3, 0.4) is 0 Å². The summed E-state index contributed by atoms with van der Waals surface area (Å²) in [5.41, 5.74) is 13.1. The molecule has 0 saturated heterocycles. The third-order valence-corrected chi connectivity index (χ3v) is 7.79. The van der Waals surface area contributed by atoms with Gasteiger partial charge in [-0.2, -0.15) is 0 Å². The Balaban J connectivity index is 1.76. The van der Waals surface area contributed by atoms with Gasteiger partial charge in [0.1, 0.15) is 0 Å². The van der Waals surface area contributed by atoms with E-state index in [0.29, 0.717) is 11.8 Å². The van der Waals surface area contributed by atoms with Gasteiger partial charge in [-0.1, -0.05) is 89.1 Å². The summed E-state index contributed by atoms with van der Waals surface area (Å²) in [7, 11) is 1.08. The predicted octanol–water partition coefficient (Wildman–Crippen LogP) is 5.08. The van der Waals surface area contributed by atoms with Crippen LogP contribution in [0.15, 0.2) is 71.8 Å². The van der Waals surface area contributed by atoms with Gasteiger partial charge in [-0.25, -0.2) is 0 Å². The Kier molecular flexibility index (Phi) is 4.03. The standard InChI is InChI=1S/C27H26Si/c1-16-14-19-8-4-6-10-21(19)25(16)23-12-13-24(28)18(3)27(23)26-17(2)15-20-9-5-7-11-22(20)26/h4-15,25-26H,1-3,28H3. The maximum Gasteiger partial charge on any atom is 0.0388 e. The van der Waals surface area contributed by atoms with Crippen LogP contribution in [0.4, 0.5) is 0 Å². The number of hydrogen-bond donors (Lipinski definition) is 0. The van der Waals surface area contributed by atoms with Crippen molar-refractivity contribution in [3.63, 3.8) is 0 Å². The molecular weight excluding hydrogens is 352 g/mol. The quantitative estimate of drug-likeness (QED) is 0.545. The molecule has 0 N–H and O–H groups in total. The van der Waals surface area contributed by atoms with Crippen LogP contribution in [0.5, 0.6) is 0 Å². The van der Waals surface area contributed by atoms with E-state index in [0.717, 1.165) is 10.2 Å².